The Morgan fingerprint density at radius 2 is 1.00 bits per heavy atom. The molecule has 0 spiro atoms. The van der Waals surface area contributed by atoms with Gasteiger partial charge in [0, 0.05) is 25.5 Å². The second-order valence-corrected chi connectivity index (χ2v) is 17.5. The number of rotatable bonds is 14. The van der Waals surface area contributed by atoms with Gasteiger partial charge in [0.1, 0.15) is 22.6 Å². The van der Waals surface area contributed by atoms with E-state index in [0.717, 1.165) is 105 Å². The summed E-state index contributed by atoms with van der Waals surface area (Å²) in [5.41, 5.74) is 5.43. The molecule has 8 rings (SSSR count). The Hall–Kier alpha value is -4.43. The molecule has 0 saturated heterocycles. The van der Waals surface area contributed by atoms with E-state index in [1.165, 1.54) is 5.56 Å². The van der Waals surface area contributed by atoms with Gasteiger partial charge in [-0.3, -0.25) is 0 Å². The Balaban J connectivity index is 1.26. The fourth-order valence-electron chi connectivity index (χ4n) is 7.30. The minimum Gasteiger partial charge on any atom is -0.407 e. The second-order valence-electron chi connectivity index (χ2n) is 14.3. The van der Waals surface area contributed by atoms with Crippen LogP contribution in [0.2, 0.25) is 0 Å². The van der Waals surface area contributed by atoms with E-state index in [-0.39, 0.29) is 0 Å². The molecule has 0 fully saturated rings. The molecule has 2 unspecified atom stereocenters. The average molecular weight is 913 g/mol. The quantitative estimate of drug-likeness (QED) is 0.0788. The van der Waals surface area contributed by atoms with E-state index in [4.69, 9.17) is 27.1 Å². The Morgan fingerprint density at radius 3 is 1.53 bits per heavy atom. The van der Waals surface area contributed by atoms with E-state index in [1.54, 1.807) is 12.1 Å². The number of hydrogen-bond acceptors (Lipinski definition) is 8. The lowest BCUT2D eigenvalue weighted by atomic mass is 9.92. The van der Waals surface area contributed by atoms with E-state index in [9.17, 15) is 9.59 Å². The maximum absolute atomic E-state index is 13.5. The van der Waals surface area contributed by atoms with E-state index < -0.39 is 29.1 Å². The topological polar surface area (TPSA) is 89.5 Å². The van der Waals surface area contributed by atoms with Crippen LogP contribution in [0.1, 0.15) is 96.7 Å². The molecule has 0 saturated carbocycles. The van der Waals surface area contributed by atoms with Gasteiger partial charge < -0.3 is 27.1 Å². The third kappa shape index (κ3) is 8.30. The summed E-state index contributed by atoms with van der Waals surface area (Å²) in [4.78, 5) is 27.1. The van der Waals surface area contributed by atoms with Gasteiger partial charge >= 0.3 is 29.1 Å². The minimum absolute atomic E-state index is 0.365. The van der Waals surface area contributed by atoms with Crippen molar-refractivity contribution in [1.29, 1.82) is 0 Å². The normalized spacial score (nSPS) is 15.9. The zero-order valence-corrected chi connectivity index (χ0v) is 36.1. The highest BCUT2D eigenvalue weighted by molar-refractivity contribution is 14.1. The lowest BCUT2D eigenvalue weighted by Crippen LogP contribution is -2.16. The van der Waals surface area contributed by atoms with E-state index >= 15 is 0 Å². The third-order valence-electron chi connectivity index (χ3n) is 10.2. The molecule has 6 aromatic rings. The lowest BCUT2D eigenvalue weighted by molar-refractivity contribution is 0.0686. The second kappa shape index (κ2) is 17.6. The van der Waals surface area contributed by atoms with Crippen molar-refractivity contribution in [3.8, 4) is 34.1 Å². The van der Waals surface area contributed by atoms with Gasteiger partial charge in [0.15, 0.2) is 11.5 Å². The molecule has 0 aromatic heterocycles. The third-order valence-corrected chi connectivity index (χ3v) is 12.8. The van der Waals surface area contributed by atoms with Crippen LogP contribution in [0.15, 0.2) is 97.1 Å². The van der Waals surface area contributed by atoms with Crippen molar-refractivity contribution in [2.24, 2.45) is 0 Å². The van der Waals surface area contributed by atoms with Crippen LogP contribution in [-0.4, -0.2) is 11.9 Å². The molecule has 0 bridgehead atoms. The van der Waals surface area contributed by atoms with Crippen LogP contribution in [0, 0.1) is 3.57 Å². The Labute approximate surface area is 349 Å². The summed E-state index contributed by atoms with van der Waals surface area (Å²) in [6.07, 6.45) is 8.23. The molecule has 2 aliphatic rings. The van der Waals surface area contributed by atoms with Gasteiger partial charge in [-0.05, 0) is 119 Å². The van der Waals surface area contributed by atoms with Crippen LogP contribution in [0.3, 0.4) is 0 Å². The first-order valence-electron chi connectivity index (χ1n) is 19.6. The highest BCUT2D eigenvalue weighted by Crippen LogP contribution is 2.56. The van der Waals surface area contributed by atoms with E-state index in [1.807, 2.05) is 60.7 Å². The molecule has 2 aliphatic heterocycles. The number of aryl methyl sites for hydroxylation is 3. The van der Waals surface area contributed by atoms with Gasteiger partial charge in [-0.25, -0.2) is 9.59 Å². The number of unbranched alkanes of at least 4 members (excludes halogenated alkanes) is 3. The molecule has 2 atom stereocenters. The number of carbonyl (C=O) groups is 2. The molecule has 6 aromatic carbocycles. The SMILES string of the molecule is CCCCc1cc(CCCC)c(OP2OC(=O)c3ccc4ccccc4c3O2)c(-c2cc(I)cc(CCCC)c2OP2OC(=O)c3ccc4ccccc4c3O2)c1. The fourth-order valence-corrected chi connectivity index (χ4v) is 10.1. The highest BCUT2D eigenvalue weighted by atomic mass is 127. The van der Waals surface area contributed by atoms with Crippen LogP contribution in [0.4, 0.5) is 0 Å². The molecular formula is C46H43IO8P2. The summed E-state index contributed by atoms with van der Waals surface area (Å²) in [7, 11) is -4.38. The molecule has 0 aliphatic carbocycles. The molecular weight excluding hydrogens is 869 g/mol. The predicted octanol–water partition coefficient (Wildman–Crippen LogP) is 14.0. The van der Waals surface area contributed by atoms with Crippen molar-refractivity contribution < 1.29 is 36.7 Å². The largest absolute Gasteiger partial charge is 0.532 e. The van der Waals surface area contributed by atoms with Crippen LogP contribution in [-0.2, 0) is 28.3 Å². The van der Waals surface area contributed by atoms with Gasteiger partial charge in [-0.2, -0.15) is 0 Å². The number of carbonyl (C=O) groups excluding carboxylic acids is 2. The van der Waals surface area contributed by atoms with Gasteiger partial charge in [-0.15, -0.1) is 0 Å². The van der Waals surface area contributed by atoms with Gasteiger partial charge in [0.25, 0.3) is 0 Å². The Bertz CT molecular complexity index is 2490. The summed E-state index contributed by atoms with van der Waals surface area (Å²) in [6.45, 7) is 6.52. The number of halogens is 1. The van der Waals surface area contributed by atoms with Gasteiger partial charge in [0.2, 0.25) is 0 Å². The maximum atomic E-state index is 13.5. The van der Waals surface area contributed by atoms with Crippen LogP contribution in [0.5, 0.6) is 23.0 Å². The summed E-state index contributed by atoms with van der Waals surface area (Å²) in [5.74, 6) is 1.07. The molecule has 292 valence electrons. The summed E-state index contributed by atoms with van der Waals surface area (Å²) >= 11 is 2.35. The van der Waals surface area contributed by atoms with Crippen molar-refractivity contribution in [2.75, 3.05) is 0 Å². The molecule has 11 heteroatoms. The molecule has 0 N–H and O–H groups in total. The highest BCUT2D eigenvalue weighted by Gasteiger charge is 2.37. The lowest BCUT2D eigenvalue weighted by Gasteiger charge is -2.28. The summed E-state index contributed by atoms with van der Waals surface area (Å²) in [6, 6.07) is 31.5. The first kappa shape index (κ1) is 39.4. The number of benzene rings is 6. The van der Waals surface area contributed by atoms with Crippen molar-refractivity contribution in [3.63, 3.8) is 0 Å². The first-order chi connectivity index (χ1) is 27.8. The summed E-state index contributed by atoms with van der Waals surface area (Å²) in [5, 5.41) is 3.54. The molecule has 0 radical (unpaired) electrons. The Kier molecular flexibility index (Phi) is 12.2. The number of hydrogen-bond donors (Lipinski definition) is 0. The van der Waals surface area contributed by atoms with Crippen molar-refractivity contribution in [3.05, 3.63) is 128 Å². The zero-order chi connectivity index (χ0) is 39.5. The monoisotopic (exact) mass is 912 g/mol. The molecule has 57 heavy (non-hydrogen) atoms. The number of fused-ring (bicyclic) bond motifs is 6. The predicted molar refractivity (Wildman–Crippen MR) is 236 cm³/mol. The minimum atomic E-state index is -2.19. The van der Waals surface area contributed by atoms with Crippen LogP contribution < -0.4 is 18.1 Å². The molecule has 2 heterocycles. The van der Waals surface area contributed by atoms with Crippen molar-refractivity contribution in [1.82, 2.24) is 0 Å². The average Bonchev–Trinajstić information content (AvgIpc) is 3.22. The fraction of sp³-hybridized carbons (Fsp3) is 0.261. The summed E-state index contributed by atoms with van der Waals surface area (Å²) < 4.78 is 39.5. The maximum Gasteiger partial charge on any atom is 0.532 e. The van der Waals surface area contributed by atoms with Crippen LogP contribution >= 0.6 is 39.8 Å². The van der Waals surface area contributed by atoms with E-state index in [0.29, 0.717) is 34.1 Å². The van der Waals surface area contributed by atoms with Crippen LogP contribution in [0.25, 0.3) is 32.7 Å². The molecule has 0 amide bonds. The van der Waals surface area contributed by atoms with E-state index in [2.05, 4.69) is 67.6 Å². The first-order valence-corrected chi connectivity index (χ1v) is 22.9. The van der Waals surface area contributed by atoms with Crippen molar-refractivity contribution >= 4 is 73.3 Å². The zero-order valence-electron chi connectivity index (χ0n) is 32.1. The molecule has 8 nitrogen and oxygen atoms in total. The van der Waals surface area contributed by atoms with Gasteiger partial charge in [0.05, 0.1) is 0 Å². The Morgan fingerprint density at radius 1 is 0.526 bits per heavy atom. The van der Waals surface area contributed by atoms with Gasteiger partial charge in [-0.1, -0.05) is 107 Å². The standard InChI is InChI=1S/C46H43IO8P2/c1-4-7-14-29-25-32(15-8-5-2)41(50-56-52-43-35-19-12-10-17-30(35)21-23-37(43)45(48)54-56)39(26-29)40-28-34(47)27-33(16-9-6-3)42(40)51-57-53-44-36-20-13-11-18-31(36)22-24-38(44)46(49)55-57/h10-13,17-28H,4-9,14-16H2,1-3H3. The smallest absolute Gasteiger partial charge is 0.407 e. The van der Waals surface area contributed by atoms with Crippen molar-refractivity contribution in [2.45, 2.75) is 78.6 Å².